The summed E-state index contributed by atoms with van der Waals surface area (Å²) in [6.45, 7) is 0. The van der Waals surface area contributed by atoms with E-state index in [1.54, 1.807) is 6.20 Å². The van der Waals surface area contributed by atoms with Gasteiger partial charge < -0.3 is 0 Å². The van der Waals surface area contributed by atoms with Crippen molar-refractivity contribution in [3.8, 4) is 11.4 Å². The van der Waals surface area contributed by atoms with Crippen LogP contribution < -0.4 is 0 Å². The zero-order valence-corrected chi connectivity index (χ0v) is 9.38. The molecule has 0 unspecified atom stereocenters. The highest BCUT2D eigenvalue weighted by Gasteiger charge is 2.05. The smallest absolute Gasteiger partial charge is 0.0889 e. The molecule has 1 aliphatic rings. The molecular formula is C15H12N2. The van der Waals surface area contributed by atoms with E-state index in [-0.39, 0.29) is 0 Å². The van der Waals surface area contributed by atoms with E-state index in [0.29, 0.717) is 0 Å². The molecule has 17 heavy (non-hydrogen) atoms. The normalized spacial score (nSPS) is 13.2. The summed E-state index contributed by atoms with van der Waals surface area (Å²) < 4.78 is 0. The van der Waals surface area contributed by atoms with Crippen LogP contribution in [0.25, 0.3) is 17.5 Å². The Hall–Kier alpha value is -2.22. The van der Waals surface area contributed by atoms with Crippen LogP contribution in [0.4, 0.5) is 0 Å². The van der Waals surface area contributed by atoms with Crippen LogP contribution in [0.1, 0.15) is 11.1 Å². The van der Waals surface area contributed by atoms with Crippen LogP contribution in [0, 0.1) is 0 Å². The van der Waals surface area contributed by atoms with Gasteiger partial charge in [0.05, 0.1) is 11.4 Å². The van der Waals surface area contributed by atoms with E-state index in [2.05, 4.69) is 34.3 Å². The largest absolute Gasteiger partial charge is 0.255 e. The highest BCUT2D eigenvalue weighted by molar-refractivity contribution is 5.62. The van der Waals surface area contributed by atoms with Gasteiger partial charge >= 0.3 is 0 Å². The molecule has 1 aliphatic carbocycles. The Labute approximate surface area is 100 Å². The van der Waals surface area contributed by atoms with Gasteiger partial charge in [0.1, 0.15) is 0 Å². The lowest BCUT2D eigenvalue weighted by Crippen LogP contribution is -1.92. The van der Waals surface area contributed by atoms with Gasteiger partial charge in [0.15, 0.2) is 0 Å². The Morgan fingerprint density at radius 1 is 1.00 bits per heavy atom. The molecule has 2 heteroatoms. The topological polar surface area (TPSA) is 25.8 Å². The number of hydrogen-bond acceptors (Lipinski definition) is 2. The second-order valence-corrected chi connectivity index (χ2v) is 3.97. The Kier molecular flexibility index (Phi) is 2.54. The number of allylic oxidation sites excluding steroid dienone is 3. The Morgan fingerprint density at radius 2 is 2.00 bits per heavy atom. The van der Waals surface area contributed by atoms with Gasteiger partial charge in [0.25, 0.3) is 0 Å². The van der Waals surface area contributed by atoms with Gasteiger partial charge in [0, 0.05) is 12.4 Å². The average molecular weight is 220 g/mol. The summed E-state index contributed by atoms with van der Waals surface area (Å²) in [5, 5.41) is 0. The molecule has 0 atom stereocenters. The molecule has 0 bridgehead atoms. The highest BCUT2D eigenvalue weighted by Crippen LogP contribution is 2.20. The zero-order chi connectivity index (χ0) is 11.5. The molecule has 0 spiro atoms. The van der Waals surface area contributed by atoms with Crippen LogP contribution in [0.3, 0.4) is 0 Å². The van der Waals surface area contributed by atoms with Crippen LogP contribution in [-0.2, 0) is 6.42 Å². The molecule has 0 aromatic carbocycles. The fourth-order valence-electron chi connectivity index (χ4n) is 1.92. The predicted octanol–water partition coefficient (Wildman–Crippen LogP) is 3.27. The van der Waals surface area contributed by atoms with Gasteiger partial charge in [-0.2, -0.15) is 0 Å². The lowest BCUT2D eigenvalue weighted by molar-refractivity contribution is 1.18. The Balaban J connectivity index is 2.07. The number of aromatic nitrogens is 2. The van der Waals surface area contributed by atoms with Crippen molar-refractivity contribution >= 4 is 6.08 Å². The van der Waals surface area contributed by atoms with Crippen LogP contribution >= 0.6 is 0 Å². The Bertz CT molecular complexity index is 583. The molecule has 0 saturated heterocycles. The summed E-state index contributed by atoms with van der Waals surface area (Å²) in [7, 11) is 0. The molecule has 0 radical (unpaired) electrons. The van der Waals surface area contributed by atoms with Crippen molar-refractivity contribution in [2.45, 2.75) is 6.42 Å². The molecule has 0 fully saturated rings. The fraction of sp³-hybridized carbons (Fsp3) is 0.0667. The Morgan fingerprint density at radius 3 is 2.88 bits per heavy atom. The monoisotopic (exact) mass is 220 g/mol. The van der Waals surface area contributed by atoms with Crippen molar-refractivity contribution in [3.05, 3.63) is 66.0 Å². The first-order valence-electron chi connectivity index (χ1n) is 5.67. The number of rotatable bonds is 1. The van der Waals surface area contributed by atoms with Gasteiger partial charge in [-0.15, -0.1) is 0 Å². The quantitative estimate of drug-likeness (QED) is 0.737. The zero-order valence-electron chi connectivity index (χ0n) is 9.38. The minimum absolute atomic E-state index is 0.924. The molecule has 2 aromatic rings. The summed E-state index contributed by atoms with van der Waals surface area (Å²) in [5.74, 6) is 0. The van der Waals surface area contributed by atoms with Crippen molar-refractivity contribution in [1.82, 2.24) is 9.97 Å². The summed E-state index contributed by atoms with van der Waals surface area (Å²) >= 11 is 0. The van der Waals surface area contributed by atoms with Gasteiger partial charge in [-0.3, -0.25) is 9.97 Å². The summed E-state index contributed by atoms with van der Waals surface area (Å²) in [4.78, 5) is 8.79. The lowest BCUT2D eigenvalue weighted by atomic mass is 10.1. The number of nitrogens with zero attached hydrogens (tertiary/aromatic N) is 2. The molecule has 2 aromatic heterocycles. The van der Waals surface area contributed by atoms with Gasteiger partial charge in [-0.05, 0) is 35.7 Å². The second-order valence-electron chi connectivity index (χ2n) is 3.97. The maximum Gasteiger partial charge on any atom is 0.0889 e. The summed E-state index contributed by atoms with van der Waals surface area (Å²) in [6, 6.07) is 8.00. The van der Waals surface area contributed by atoms with Gasteiger partial charge in [0.2, 0.25) is 0 Å². The molecule has 2 heterocycles. The van der Waals surface area contributed by atoms with Crippen LogP contribution in [0.15, 0.2) is 54.9 Å². The minimum atomic E-state index is 0.924. The average Bonchev–Trinajstić information content (AvgIpc) is 2.64. The maximum absolute atomic E-state index is 4.46. The highest BCUT2D eigenvalue weighted by atomic mass is 14.8. The van der Waals surface area contributed by atoms with Crippen molar-refractivity contribution in [2.24, 2.45) is 0 Å². The van der Waals surface area contributed by atoms with E-state index in [4.69, 9.17) is 0 Å². The van der Waals surface area contributed by atoms with Crippen molar-refractivity contribution in [2.75, 3.05) is 0 Å². The van der Waals surface area contributed by atoms with E-state index in [1.807, 2.05) is 30.5 Å². The van der Waals surface area contributed by atoms with Crippen molar-refractivity contribution < 1.29 is 0 Å². The number of fused-ring (bicyclic) bond motifs is 1. The van der Waals surface area contributed by atoms with E-state index in [9.17, 15) is 0 Å². The van der Waals surface area contributed by atoms with Crippen molar-refractivity contribution in [1.29, 1.82) is 0 Å². The number of hydrogen-bond donors (Lipinski definition) is 0. The first-order valence-corrected chi connectivity index (χ1v) is 5.67. The van der Waals surface area contributed by atoms with Gasteiger partial charge in [-0.25, -0.2) is 0 Å². The molecule has 0 aliphatic heterocycles. The van der Waals surface area contributed by atoms with Crippen LogP contribution in [0.5, 0.6) is 0 Å². The summed E-state index contributed by atoms with van der Waals surface area (Å²) in [6.07, 6.45) is 13.0. The molecule has 3 rings (SSSR count). The van der Waals surface area contributed by atoms with Gasteiger partial charge in [-0.1, -0.05) is 30.4 Å². The van der Waals surface area contributed by atoms with E-state index in [1.165, 1.54) is 11.1 Å². The molecule has 0 saturated carbocycles. The number of pyridine rings is 2. The van der Waals surface area contributed by atoms with Crippen LogP contribution in [0.2, 0.25) is 0 Å². The van der Waals surface area contributed by atoms with Crippen LogP contribution in [-0.4, -0.2) is 9.97 Å². The first kappa shape index (κ1) is 9.97. The standard InChI is InChI=1S/C15H12N2/c1-2-6-12-10-15(14-8-4-5-9-16-14)17-11-13(12)7-3-1/h1-5,7-11H,6H2. The molecule has 0 N–H and O–H groups in total. The molecule has 82 valence electrons. The van der Waals surface area contributed by atoms with E-state index >= 15 is 0 Å². The molecule has 2 nitrogen and oxygen atoms in total. The SMILES string of the molecule is C1=CCc2cc(-c3ccccn3)ncc2C=C1. The molecule has 0 amide bonds. The van der Waals surface area contributed by atoms with Crippen molar-refractivity contribution in [3.63, 3.8) is 0 Å². The maximum atomic E-state index is 4.46. The lowest BCUT2D eigenvalue weighted by Gasteiger charge is -2.05. The third kappa shape index (κ3) is 2.02. The minimum Gasteiger partial charge on any atom is -0.255 e. The second kappa shape index (κ2) is 4.34. The van der Waals surface area contributed by atoms with E-state index in [0.717, 1.165) is 17.8 Å². The third-order valence-electron chi connectivity index (χ3n) is 2.81. The predicted molar refractivity (Wildman–Crippen MR) is 69.3 cm³/mol. The fourth-order valence-corrected chi connectivity index (χ4v) is 1.92. The first-order chi connectivity index (χ1) is 8.43. The summed E-state index contributed by atoms with van der Waals surface area (Å²) in [5.41, 5.74) is 4.35. The third-order valence-corrected chi connectivity index (χ3v) is 2.81. The van der Waals surface area contributed by atoms with E-state index < -0.39 is 0 Å². The molecular weight excluding hydrogens is 208 g/mol.